The van der Waals surface area contributed by atoms with Crippen molar-refractivity contribution in [2.45, 2.75) is 25.2 Å². The van der Waals surface area contributed by atoms with Gasteiger partial charge in [0.15, 0.2) is 15.6 Å². The smallest absolute Gasteiger partial charge is 0.308 e. The monoisotopic (exact) mass is 488 g/mol. The van der Waals surface area contributed by atoms with Gasteiger partial charge in [-0.25, -0.2) is 13.4 Å². The largest absolute Gasteiger partial charge is 0.458 e. The molecule has 1 heterocycles. The van der Waals surface area contributed by atoms with Gasteiger partial charge < -0.3 is 9.64 Å². The Hall–Kier alpha value is -3.18. The van der Waals surface area contributed by atoms with Crippen LogP contribution in [0.4, 0.5) is 16.5 Å². The van der Waals surface area contributed by atoms with Gasteiger partial charge in [-0.2, -0.15) is 0 Å². The van der Waals surface area contributed by atoms with Gasteiger partial charge in [-0.15, -0.1) is 10.2 Å². The van der Waals surface area contributed by atoms with Gasteiger partial charge in [-0.05, 0) is 56.3 Å². The highest BCUT2D eigenvalue weighted by Gasteiger charge is 2.11. The molecule has 0 aliphatic rings. The number of thiazole rings is 1. The molecule has 0 N–H and O–H groups in total. The molecule has 0 unspecified atom stereocenters. The molecule has 9 nitrogen and oxygen atoms in total. The summed E-state index contributed by atoms with van der Waals surface area (Å²) in [6, 6.07) is 12.2. The van der Waals surface area contributed by atoms with Crippen molar-refractivity contribution in [3.8, 4) is 0 Å². The summed E-state index contributed by atoms with van der Waals surface area (Å²) in [5.41, 5.74) is 2.22. The Balaban J connectivity index is 1.64. The molecule has 0 atom stereocenters. The number of hydrogen-bond acceptors (Lipinski definition) is 10. The summed E-state index contributed by atoms with van der Waals surface area (Å²) in [5, 5.41) is 8.82. The maximum atomic E-state index is 11.7. The van der Waals surface area contributed by atoms with E-state index in [1.807, 2.05) is 36.1 Å². The van der Waals surface area contributed by atoms with E-state index in [-0.39, 0.29) is 23.7 Å². The van der Waals surface area contributed by atoms with Crippen molar-refractivity contribution in [1.82, 2.24) is 4.98 Å². The van der Waals surface area contributed by atoms with Crippen molar-refractivity contribution < 1.29 is 22.7 Å². The predicted molar refractivity (Wildman–Crippen MR) is 127 cm³/mol. The highest BCUT2D eigenvalue weighted by atomic mass is 32.2. The fourth-order valence-corrected chi connectivity index (χ4v) is 4.50. The van der Waals surface area contributed by atoms with E-state index in [4.69, 9.17) is 4.74 Å². The van der Waals surface area contributed by atoms with E-state index < -0.39 is 15.8 Å². The van der Waals surface area contributed by atoms with Crippen LogP contribution in [0.5, 0.6) is 0 Å². The summed E-state index contributed by atoms with van der Waals surface area (Å²) < 4.78 is 29.1. The molecule has 0 bridgehead atoms. The van der Waals surface area contributed by atoms with Crippen molar-refractivity contribution in [3.05, 3.63) is 42.5 Å². The minimum Gasteiger partial charge on any atom is -0.458 e. The molecule has 0 fully saturated rings. The van der Waals surface area contributed by atoms with Crippen LogP contribution in [0.25, 0.3) is 10.2 Å². The molecule has 0 spiro atoms. The normalized spacial score (nSPS) is 11.7. The number of sulfone groups is 1. The van der Waals surface area contributed by atoms with Crippen molar-refractivity contribution in [2.75, 3.05) is 30.9 Å². The second-order valence-electron chi connectivity index (χ2n) is 7.31. The lowest BCUT2D eigenvalue weighted by Gasteiger charge is -2.22. The number of ketones is 1. The molecule has 1 aromatic heterocycles. The van der Waals surface area contributed by atoms with Gasteiger partial charge in [0.25, 0.3) is 0 Å². The van der Waals surface area contributed by atoms with Gasteiger partial charge in [0.2, 0.25) is 5.13 Å². The standard InChI is InChI=1S/C22H24N4O5S2/c1-4-26(12-11-21(28)31-14-15(2)27)17-7-5-16(6-8-17)24-25-22-23-19-10-9-18(33(3,29)30)13-20(19)32-22/h5-10,13H,4,11-12,14H2,1-3H3. The fourth-order valence-electron chi connectivity index (χ4n) is 2.95. The highest BCUT2D eigenvalue weighted by Crippen LogP contribution is 2.31. The molecule has 0 aliphatic carbocycles. The lowest BCUT2D eigenvalue weighted by Crippen LogP contribution is -2.26. The van der Waals surface area contributed by atoms with Crippen molar-refractivity contribution >= 4 is 59.6 Å². The van der Waals surface area contributed by atoms with Crippen LogP contribution < -0.4 is 4.90 Å². The van der Waals surface area contributed by atoms with Crippen LogP contribution >= 0.6 is 11.3 Å². The second-order valence-corrected chi connectivity index (χ2v) is 10.3. The molecule has 2 aromatic carbocycles. The minimum atomic E-state index is -3.29. The van der Waals surface area contributed by atoms with Gasteiger partial charge in [-0.1, -0.05) is 11.3 Å². The van der Waals surface area contributed by atoms with Crippen LogP contribution in [0, 0.1) is 0 Å². The second kappa shape index (κ2) is 10.6. The molecule has 11 heteroatoms. The van der Waals surface area contributed by atoms with E-state index in [1.54, 1.807) is 12.1 Å². The number of Topliss-reactive ketones (excluding diaryl/α,β-unsaturated/α-hetero) is 1. The molecular formula is C22H24N4O5S2. The number of hydrogen-bond donors (Lipinski definition) is 0. The van der Waals surface area contributed by atoms with E-state index in [9.17, 15) is 18.0 Å². The maximum absolute atomic E-state index is 11.7. The third-order valence-corrected chi connectivity index (χ3v) is 6.66. The zero-order valence-electron chi connectivity index (χ0n) is 18.5. The van der Waals surface area contributed by atoms with E-state index in [0.717, 1.165) is 10.4 Å². The van der Waals surface area contributed by atoms with Crippen molar-refractivity contribution in [2.24, 2.45) is 10.2 Å². The van der Waals surface area contributed by atoms with Gasteiger partial charge in [0, 0.05) is 25.0 Å². The van der Waals surface area contributed by atoms with Crippen LogP contribution in [0.15, 0.2) is 57.6 Å². The van der Waals surface area contributed by atoms with E-state index in [2.05, 4.69) is 15.2 Å². The van der Waals surface area contributed by atoms with Crippen LogP contribution in [-0.4, -0.2) is 51.1 Å². The number of anilines is 1. The summed E-state index contributed by atoms with van der Waals surface area (Å²) in [5.74, 6) is -0.599. The van der Waals surface area contributed by atoms with Gasteiger partial charge >= 0.3 is 5.97 Å². The molecule has 0 aliphatic heterocycles. The third kappa shape index (κ3) is 6.90. The van der Waals surface area contributed by atoms with Crippen LogP contribution in [0.3, 0.4) is 0 Å². The van der Waals surface area contributed by atoms with Crippen LogP contribution in [0.1, 0.15) is 20.3 Å². The van der Waals surface area contributed by atoms with E-state index in [0.29, 0.717) is 29.4 Å². The Labute approximate surface area is 196 Å². The molecular weight excluding hydrogens is 464 g/mol. The Kier molecular flexibility index (Phi) is 7.88. The maximum Gasteiger partial charge on any atom is 0.308 e. The number of ether oxygens (including phenoxy) is 1. The lowest BCUT2D eigenvalue weighted by atomic mass is 10.2. The number of nitrogens with zero attached hydrogens (tertiary/aromatic N) is 4. The molecule has 3 rings (SSSR count). The summed E-state index contributed by atoms with van der Waals surface area (Å²) >= 11 is 1.26. The fraction of sp³-hybridized carbons (Fsp3) is 0.318. The van der Waals surface area contributed by atoms with Gasteiger partial charge in [-0.3, -0.25) is 9.59 Å². The Morgan fingerprint density at radius 3 is 2.48 bits per heavy atom. The topological polar surface area (TPSA) is 118 Å². The zero-order valence-corrected chi connectivity index (χ0v) is 20.1. The van der Waals surface area contributed by atoms with Crippen molar-refractivity contribution in [3.63, 3.8) is 0 Å². The number of rotatable bonds is 10. The molecule has 0 radical (unpaired) electrons. The molecule has 0 amide bonds. The number of fused-ring (bicyclic) bond motifs is 1. The number of azo groups is 1. The quantitative estimate of drug-likeness (QED) is 0.305. The van der Waals surface area contributed by atoms with E-state index >= 15 is 0 Å². The number of esters is 1. The first-order valence-corrected chi connectivity index (χ1v) is 12.9. The Bertz CT molecular complexity index is 1280. The number of carbonyl (C=O) groups excluding carboxylic acids is 2. The Morgan fingerprint density at radius 2 is 1.85 bits per heavy atom. The molecule has 174 valence electrons. The minimum absolute atomic E-state index is 0.182. The summed E-state index contributed by atoms with van der Waals surface area (Å²) in [4.78, 5) is 29.3. The van der Waals surface area contributed by atoms with Gasteiger partial charge in [0.1, 0.15) is 6.61 Å². The van der Waals surface area contributed by atoms with E-state index in [1.165, 1.54) is 30.6 Å². The first-order chi connectivity index (χ1) is 15.7. The van der Waals surface area contributed by atoms with Crippen molar-refractivity contribution in [1.29, 1.82) is 0 Å². The third-order valence-electron chi connectivity index (χ3n) is 4.65. The SMILES string of the molecule is CCN(CCC(=O)OCC(C)=O)c1ccc(N=Nc2nc3ccc(S(C)(=O)=O)cc3s2)cc1. The Morgan fingerprint density at radius 1 is 1.12 bits per heavy atom. The highest BCUT2D eigenvalue weighted by molar-refractivity contribution is 7.90. The molecule has 3 aromatic rings. The first-order valence-electron chi connectivity index (χ1n) is 10.2. The molecule has 0 saturated carbocycles. The van der Waals surface area contributed by atoms with Crippen LogP contribution in [-0.2, 0) is 24.2 Å². The predicted octanol–water partition coefficient (Wildman–Crippen LogP) is 4.46. The number of benzene rings is 2. The lowest BCUT2D eigenvalue weighted by molar-refractivity contribution is -0.147. The average Bonchev–Trinajstić information content (AvgIpc) is 3.19. The van der Waals surface area contributed by atoms with Gasteiger partial charge in [0.05, 0.1) is 27.2 Å². The summed E-state index contributed by atoms with van der Waals surface area (Å²) in [6.07, 6.45) is 1.35. The van der Waals surface area contributed by atoms with Crippen LogP contribution in [0.2, 0.25) is 0 Å². The number of carbonyl (C=O) groups is 2. The first kappa shape index (κ1) is 24.5. The average molecular weight is 489 g/mol. The molecule has 0 saturated heterocycles. The number of aromatic nitrogens is 1. The summed E-state index contributed by atoms with van der Waals surface area (Å²) in [7, 11) is -3.29. The molecule has 33 heavy (non-hydrogen) atoms. The summed E-state index contributed by atoms with van der Waals surface area (Å²) in [6.45, 7) is 4.32. The zero-order chi connectivity index (χ0) is 24.0.